The Morgan fingerprint density at radius 3 is 2.77 bits per heavy atom. The lowest BCUT2D eigenvalue weighted by Crippen LogP contribution is -2.35. The summed E-state index contributed by atoms with van der Waals surface area (Å²) in [6, 6.07) is 8.31. The summed E-state index contributed by atoms with van der Waals surface area (Å²) < 4.78 is 5.81. The SMILES string of the molecule is Cc1c(C(=O)NC2CCC(C)(C)c3ccccc32)oc2c1C(=O)CCC2. The summed E-state index contributed by atoms with van der Waals surface area (Å²) in [4.78, 5) is 25.1. The van der Waals surface area contributed by atoms with E-state index in [0.717, 1.165) is 25.7 Å². The predicted octanol–water partition coefficient (Wildman–Crippen LogP) is 4.65. The van der Waals surface area contributed by atoms with Crippen LogP contribution in [0.2, 0.25) is 0 Å². The molecule has 0 spiro atoms. The third-order valence-electron chi connectivity index (χ3n) is 5.94. The fraction of sp³-hybridized carbons (Fsp3) is 0.455. The number of hydrogen-bond donors (Lipinski definition) is 1. The van der Waals surface area contributed by atoms with Gasteiger partial charge in [-0.25, -0.2) is 0 Å². The molecule has 0 fully saturated rings. The van der Waals surface area contributed by atoms with Gasteiger partial charge >= 0.3 is 0 Å². The van der Waals surface area contributed by atoms with Crippen LogP contribution in [0, 0.1) is 6.92 Å². The third kappa shape index (κ3) is 2.68. The van der Waals surface area contributed by atoms with Gasteiger partial charge in [0.25, 0.3) is 5.91 Å². The number of benzene rings is 1. The maximum absolute atomic E-state index is 12.9. The second-order valence-electron chi connectivity index (χ2n) is 8.17. The largest absolute Gasteiger partial charge is 0.455 e. The number of ketones is 1. The molecule has 1 amide bonds. The van der Waals surface area contributed by atoms with Gasteiger partial charge < -0.3 is 9.73 Å². The first kappa shape index (κ1) is 17.1. The van der Waals surface area contributed by atoms with Gasteiger partial charge in [0, 0.05) is 18.4 Å². The van der Waals surface area contributed by atoms with E-state index in [1.54, 1.807) is 0 Å². The van der Waals surface area contributed by atoms with Crippen molar-refractivity contribution in [3.05, 3.63) is 58.0 Å². The van der Waals surface area contributed by atoms with Crippen LogP contribution in [0.5, 0.6) is 0 Å². The maximum atomic E-state index is 12.9. The summed E-state index contributed by atoms with van der Waals surface area (Å²) >= 11 is 0. The van der Waals surface area contributed by atoms with Crippen molar-refractivity contribution < 1.29 is 14.0 Å². The van der Waals surface area contributed by atoms with E-state index >= 15 is 0 Å². The molecule has 0 saturated heterocycles. The molecule has 2 aliphatic carbocycles. The molecule has 1 aromatic heterocycles. The number of Topliss-reactive ketones (excluding diaryl/α,β-unsaturated/α-hetero) is 1. The van der Waals surface area contributed by atoms with Crippen molar-refractivity contribution in [1.82, 2.24) is 5.32 Å². The number of fused-ring (bicyclic) bond motifs is 2. The monoisotopic (exact) mass is 351 g/mol. The van der Waals surface area contributed by atoms with E-state index in [1.165, 1.54) is 11.1 Å². The van der Waals surface area contributed by atoms with Gasteiger partial charge in [0.2, 0.25) is 0 Å². The Hall–Kier alpha value is -2.36. The van der Waals surface area contributed by atoms with Crippen molar-refractivity contribution in [3.8, 4) is 0 Å². The van der Waals surface area contributed by atoms with E-state index in [-0.39, 0.29) is 23.1 Å². The molecule has 1 N–H and O–H groups in total. The lowest BCUT2D eigenvalue weighted by atomic mass is 9.71. The fourth-order valence-electron chi connectivity index (χ4n) is 4.45. The van der Waals surface area contributed by atoms with E-state index in [4.69, 9.17) is 4.42 Å². The van der Waals surface area contributed by atoms with Crippen LogP contribution in [-0.2, 0) is 11.8 Å². The maximum Gasteiger partial charge on any atom is 0.287 e. The lowest BCUT2D eigenvalue weighted by Gasteiger charge is -2.37. The van der Waals surface area contributed by atoms with Gasteiger partial charge in [-0.15, -0.1) is 0 Å². The molecule has 1 atom stereocenters. The summed E-state index contributed by atoms with van der Waals surface area (Å²) in [5.74, 6) is 0.849. The summed E-state index contributed by atoms with van der Waals surface area (Å²) in [6.45, 7) is 6.32. The van der Waals surface area contributed by atoms with Crippen LogP contribution in [0.3, 0.4) is 0 Å². The van der Waals surface area contributed by atoms with Crippen molar-refractivity contribution in [3.63, 3.8) is 0 Å². The summed E-state index contributed by atoms with van der Waals surface area (Å²) in [7, 11) is 0. The Balaban J connectivity index is 1.63. The van der Waals surface area contributed by atoms with Crippen molar-refractivity contribution in [2.24, 2.45) is 0 Å². The third-order valence-corrected chi connectivity index (χ3v) is 5.94. The van der Waals surface area contributed by atoms with Crippen molar-refractivity contribution >= 4 is 11.7 Å². The Morgan fingerprint density at radius 2 is 2.00 bits per heavy atom. The van der Waals surface area contributed by atoms with Crippen LogP contribution >= 0.6 is 0 Å². The van der Waals surface area contributed by atoms with Crippen LogP contribution in [0.4, 0.5) is 0 Å². The molecule has 2 aliphatic rings. The van der Waals surface area contributed by atoms with Gasteiger partial charge in [0.15, 0.2) is 11.5 Å². The Bertz CT molecular complexity index is 891. The molecule has 26 heavy (non-hydrogen) atoms. The minimum Gasteiger partial charge on any atom is -0.455 e. The first-order valence-electron chi connectivity index (χ1n) is 9.44. The smallest absolute Gasteiger partial charge is 0.287 e. The molecule has 4 nitrogen and oxygen atoms in total. The molecular formula is C22H25NO3. The molecule has 1 aromatic carbocycles. The van der Waals surface area contributed by atoms with Gasteiger partial charge in [-0.05, 0) is 42.7 Å². The summed E-state index contributed by atoms with van der Waals surface area (Å²) in [5.41, 5.74) is 3.91. The number of rotatable bonds is 2. The van der Waals surface area contributed by atoms with Gasteiger partial charge in [0.1, 0.15) is 5.76 Å². The number of hydrogen-bond acceptors (Lipinski definition) is 3. The normalized spacial score (nSPS) is 21.0. The molecule has 0 aliphatic heterocycles. The first-order valence-corrected chi connectivity index (χ1v) is 9.44. The molecule has 136 valence electrons. The highest BCUT2D eigenvalue weighted by atomic mass is 16.4. The minimum atomic E-state index is -0.218. The highest BCUT2D eigenvalue weighted by molar-refractivity contribution is 6.03. The highest BCUT2D eigenvalue weighted by Crippen LogP contribution is 2.41. The van der Waals surface area contributed by atoms with Crippen molar-refractivity contribution in [2.45, 2.75) is 64.3 Å². The average molecular weight is 351 g/mol. The standard InChI is InChI=1S/C22H25NO3/c1-13-19-17(24)9-6-10-18(19)26-20(13)21(25)23-16-11-12-22(2,3)15-8-5-4-7-14(15)16/h4-5,7-8,16H,6,9-12H2,1-3H3,(H,23,25). The van der Waals surface area contributed by atoms with Crippen molar-refractivity contribution in [1.29, 1.82) is 0 Å². The van der Waals surface area contributed by atoms with Crippen LogP contribution in [0.15, 0.2) is 28.7 Å². The average Bonchev–Trinajstić information content (AvgIpc) is 2.96. The topological polar surface area (TPSA) is 59.3 Å². The quantitative estimate of drug-likeness (QED) is 0.857. The Labute approximate surface area is 154 Å². The molecule has 4 rings (SSSR count). The molecule has 1 heterocycles. The second kappa shape index (κ2) is 6.11. The summed E-state index contributed by atoms with van der Waals surface area (Å²) in [6.07, 6.45) is 3.98. The number of amides is 1. The molecule has 0 saturated carbocycles. The number of carbonyl (C=O) groups excluding carboxylic acids is 2. The van der Waals surface area contributed by atoms with E-state index in [1.807, 2.05) is 13.0 Å². The zero-order valence-corrected chi connectivity index (χ0v) is 15.6. The molecule has 2 aromatic rings. The Kier molecular flexibility index (Phi) is 4.02. The van der Waals surface area contributed by atoms with Gasteiger partial charge in [-0.2, -0.15) is 0 Å². The molecule has 4 heteroatoms. The highest BCUT2D eigenvalue weighted by Gasteiger charge is 2.34. The number of furan rings is 1. The van der Waals surface area contributed by atoms with E-state index in [9.17, 15) is 9.59 Å². The van der Waals surface area contributed by atoms with E-state index in [0.29, 0.717) is 29.1 Å². The second-order valence-corrected chi connectivity index (χ2v) is 8.17. The Morgan fingerprint density at radius 1 is 1.23 bits per heavy atom. The molecule has 0 radical (unpaired) electrons. The molecule has 1 unspecified atom stereocenters. The van der Waals surface area contributed by atoms with E-state index in [2.05, 4.69) is 37.4 Å². The fourth-order valence-corrected chi connectivity index (χ4v) is 4.45. The zero-order valence-electron chi connectivity index (χ0n) is 15.6. The van der Waals surface area contributed by atoms with E-state index < -0.39 is 0 Å². The van der Waals surface area contributed by atoms with Crippen LogP contribution < -0.4 is 5.32 Å². The molecule has 0 bridgehead atoms. The zero-order chi connectivity index (χ0) is 18.5. The van der Waals surface area contributed by atoms with Crippen LogP contribution in [0.1, 0.15) is 88.9 Å². The van der Waals surface area contributed by atoms with Gasteiger partial charge in [-0.1, -0.05) is 38.1 Å². The van der Waals surface area contributed by atoms with Crippen LogP contribution in [-0.4, -0.2) is 11.7 Å². The number of aryl methyl sites for hydroxylation is 1. The van der Waals surface area contributed by atoms with Gasteiger partial charge in [-0.3, -0.25) is 9.59 Å². The summed E-state index contributed by atoms with van der Waals surface area (Å²) in [5, 5.41) is 3.15. The number of nitrogens with one attached hydrogen (secondary N) is 1. The van der Waals surface area contributed by atoms with Crippen LogP contribution in [0.25, 0.3) is 0 Å². The van der Waals surface area contributed by atoms with Gasteiger partial charge in [0.05, 0.1) is 11.6 Å². The number of carbonyl (C=O) groups is 2. The minimum absolute atomic E-state index is 0.0241. The lowest BCUT2D eigenvalue weighted by molar-refractivity contribution is 0.0896. The van der Waals surface area contributed by atoms with Crippen molar-refractivity contribution in [2.75, 3.05) is 0 Å². The first-order chi connectivity index (χ1) is 12.4. The molecular weight excluding hydrogens is 326 g/mol. The predicted molar refractivity (Wildman–Crippen MR) is 99.6 cm³/mol.